The molecular weight excluding hydrogens is 381 g/mol. The number of rotatable bonds is 6. The molecule has 0 unspecified atom stereocenters. The van der Waals surface area contributed by atoms with E-state index in [2.05, 4.69) is 5.09 Å². The SMILES string of the molecule is Cc1ccc(NP(=O)(Oc2cccc(C)c2C)Oc2cccc(C)c2C)c(C)c1. The lowest BCUT2D eigenvalue weighted by Crippen LogP contribution is -2.12. The van der Waals surface area contributed by atoms with Gasteiger partial charge in [-0.1, -0.05) is 42.0 Å². The van der Waals surface area contributed by atoms with Crippen LogP contribution < -0.4 is 14.1 Å². The first-order chi connectivity index (χ1) is 13.7. The van der Waals surface area contributed by atoms with Crippen LogP contribution in [0.3, 0.4) is 0 Å². The summed E-state index contributed by atoms with van der Waals surface area (Å²) in [5, 5.41) is 3.05. The van der Waals surface area contributed by atoms with Crippen molar-refractivity contribution in [2.75, 3.05) is 5.09 Å². The lowest BCUT2D eigenvalue weighted by atomic mass is 10.1. The predicted octanol–water partition coefficient (Wildman–Crippen LogP) is 7.22. The highest BCUT2D eigenvalue weighted by atomic mass is 31.2. The lowest BCUT2D eigenvalue weighted by molar-refractivity contribution is 0.390. The molecule has 29 heavy (non-hydrogen) atoms. The Balaban J connectivity index is 2.03. The van der Waals surface area contributed by atoms with Crippen molar-refractivity contribution in [3.8, 4) is 11.5 Å². The standard InChI is InChI=1S/C24H28NO3P/c1-16-13-14-22(19(4)15-16)25-29(26,27-23-11-7-9-17(2)20(23)5)28-24-12-8-10-18(3)21(24)6/h7-15H,1-6H3,(H,25,26). The summed E-state index contributed by atoms with van der Waals surface area (Å²) in [6.07, 6.45) is 0. The summed E-state index contributed by atoms with van der Waals surface area (Å²) < 4.78 is 26.0. The molecule has 0 saturated carbocycles. The summed E-state index contributed by atoms with van der Waals surface area (Å²) in [4.78, 5) is 0. The number of benzene rings is 3. The van der Waals surface area contributed by atoms with Gasteiger partial charge in [-0.3, -0.25) is 5.09 Å². The third-order valence-electron chi connectivity index (χ3n) is 5.19. The van der Waals surface area contributed by atoms with E-state index in [1.54, 1.807) is 0 Å². The van der Waals surface area contributed by atoms with Gasteiger partial charge in [0.25, 0.3) is 0 Å². The maximum Gasteiger partial charge on any atom is 0.541 e. The van der Waals surface area contributed by atoms with E-state index in [1.165, 1.54) is 0 Å². The van der Waals surface area contributed by atoms with Crippen LogP contribution in [-0.2, 0) is 4.57 Å². The van der Waals surface area contributed by atoms with Crippen molar-refractivity contribution < 1.29 is 13.6 Å². The lowest BCUT2D eigenvalue weighted by Gasteiger charge is -2.24. The molecule has 0 bridgehead atoms. The van der Waals surface area contributed by atoms with Gasteiger partial charge in [0, 0.05) is 5.69 Å². The average Bonchev–Trinajstić information content (AvgIpc) is 2.65. The van der Waals surface area contributed by atoms with Crippen molar-refractivity contribution in [3.05, 3.63) is 88.0 Å². The molecule has 4 nitrogen and oxygen atoms in total. The Bertz CT molecular complexity index is 1030. The molecule has 1 N–H and O–H groups in total. The van der Waals surface area contributed by atoms with Crippen LogP contribution >= 0.6 is 7.75 Å². The highest BCUT2D eigenvalue weighted by molar-refractivity contribution is 7.56. The maximum absolute atomic E-state index is 13.9. The van der Waals surface area contributed by atoms with E-state index in [1.807, 2.05) is 96.1 Å². The molecule has 0 spiro atoms. The van der Waals surface area contributed by atoms with Crippen LogP contribution in [0, 0.1) is 41.5 Å². The smallest absolute Gasteiger partial charge is 0.400 e. The molecule has 0 radical (unpaired) electrons. The highest BCUT2D eigenvalue weighted by Crippen LogP contribution is 2.50. The van der Waals surface area contributed by atoms with Crippen LogP contribution in [0.1, 0.15) is 33.4 Å². The van der Waals surface area contributed by atoms with Gasteiger partial charge in [-0.25, -0.2) is 4.57 Å². The van der Waals surface area contributed by atoms with Crippen molar-refractivity contribution in [2.45, 2.75) is 41.5 Å². The van der Waals surface area contributed by atoms with Gasteiger partial charge in [-0.2, -0.15) is 0 Å². The topological polar surface area (TPSA) is 47.6 Å². The first-order valence-electron chi connectivity index (χ1n) is 9.66. The van der Waals surface area contributed by atoms with Crippen LogP contribution in [-0.4, -0.2) is 0 Å². The van der Waals surface area contributed by atoms with Gasteiger partial charge in [0.05, 0.1) is 0 Å². The molecule has 0 atom stereocenters. The second kappa shape index (κ2) is 8.34. The zero-order chi connectivity index (χ0) is 21.2. The van der Waals surface area contributed by atoms with E-state index in [9.17, 15) is 4.57 Å². The monoisotopic (exact) mass is 409 g/mol. The van der Waals surface area contributed by atoms with Gasteiger partial charge in [0.2, 0.25) is 0 Å². The van der Waals surface area contributed by atoms with E-state index in [4.69, 9.17) is 9.05 Å². The fraction of sp³-hybridized carbons (Fsp3) is 0.250. The summed E-state index contributed by atoms with van der Waals surface area (Å²) >= 11 is 0. The fourth-order valence-corrected chi connectivity index (χ4v) is 4.64. The zero-order valence-electron chi connectivity index (χ0n) is 17.9. The minimum Gasteiger partial charge on any atom is -0.400 e. The molecule has 0 aromatic heterocycles. The van der Waals surface area contributed by atoms with Crippen LogP contribution in [0.5, 0.6) is 11.5 Å². The molecule has 3 rings (SSSR count). The number of hydrogen-bond acceptors (Lipinski definition) is 3. The van der Waals surface area contributed by atoms with Crippen molar-refractivity contribution in [1.29, 1.82) is 0 Å². The quantitative estimate of drug-likeness (QED) is 0.437. The molecule has 0 fully saturated rings. The van der Waals surface area contributed by atoms with Crippen LogP contribution in [0.15, 0.2) is 54.6 Å². The number of nitrogens with one attached hydrogen (secondary N) is 1. The second-order valence-electron chi connectivity index (χ2n) is 7.51. The molecule has 0 aliphatic rings. The van der Waals surface area contributed by atoms with Gasteiger partial charge in [0.1, 0.15) is 11.5 Å². The van der Waals surface area contributed by atoms with Gasteiger partial charge in [-0.15, -0.1) is 0 Å². The Hall–Kier alpha value is -2.71. The molecule has 0 aliphatic heterocycles. The molecule has 152 valence electrons. The number of aryl methyl sites for hydroxylation is 4. The molecule has 3 aromatic carbocycles. The summed E-state index contributed by atoms with van der Waals surface area (Å²) in [7, 11) is -3.77. The van der Waals surface area contributed by atoms with Crippen LogP contribution in [0.4, 0.5) is 5.69 Å². The Morgan fingerprint density at radius 1 is 0.690 bits per heavy atom. The summed E-state index contributed by atoms with van der Waals surface area (Å²) in [5.74, 6) is 1.08. The molecule has 3 aromatic rings. The largest absolute Gasteiger partial charge is 0.541 e. The van der Waals surface area contributed by atoms with Crippen molar-refractivity contribution in [3.63, 3.8) is 0 Å². The van der Waals surface area contributed by atoms with Crippen LogP contribution in [0.2, 0.25) is 0 Å². The Morgan fingerprint density at radius 3 is 1.69 bits per heavy atom. The van der Waals surface area contributed by atoms with Gasteiger partial charge in [-0.05, 0) is 87.6 Å². The first kappa shape index (κ1) is 21.0. The predicted molar refractivity (Wildman–Crippen MR) is 120 cm³/mol. The molecular formula is C24H28NO3P. The number of hydrogen-bond donors (Lipinski definition) is 1. The minimum absolute atomic E-state index is 0.538. The van der Waals surface area contributed by atoms with E-state index in [0.717, 1.165) is 39.1 Å². The Labute approximate surface area is 173 Å². The van der Waals surface area contributed by atoms with E-state index >= 15 is 0 Å². The first-order valence-corrected chi connectivity index (χ1v) is 11.2. The maximum atomic E-state index is 13.9. The van der Waals surface area contributed by atoms with Crippen molar-refractivity contribution in [2.24, 2.45) is 0 Å². The van der Waals surface area contributed by atoms with E-state index in [0.29, 0.717) is 11.5 Å². The molecule has 0 saturated heterocycles. The number of anilines is 1. The Kier molecular flexibility index (Phi) is 6.04. The van der Waals surface area contributed by atoms with Crippen molar-refractivity contribution >= 4 is 13.4 Å². The Morgan fingerprint density at radius 2 is 1.21 bits per heavy atom. The van der Waals surface area contributed by atoms with Crippen LogP contribution in [0.25, 0.3) is 0 Å². The molecule has 0 heterocycles. The second-order valence-corrected chi connectivity index (χ2v) is 9.09. The van der Waals surface area contributed by atoms with Gasteiger partial charge >= 0.3 is 7.75 Å². The molecule has 0 aliphatic carbocycles. The normalized spacial score (nSPS) is 11.2. The van der Waals surface area contributed by atoms with Crippen molar-refractivity contribution in [1.82, 2.24) is 0 Å². The third-order valence-corrected chi connectivity index (χ3v) is 6.58. The summed E-state index contributed by atoms with van der Waals surface area (Å²) in [6, 6.07) is 17.3. The van der Waals surface area contributed by atoms with E-state index in [-0.39, 0.29) is 0 Å². The fourth-order valence-electron chi connectivity index (χ4n) is 3.06. The van der Waals surface area contributed by atoms with Gasteiger partial charge < -0.3 is 9.05 Å². The highest BCUT2D eigenvalue weighted by Gasteiger charge is 2.31. The van der Waals surface area contributed by atoms with E-state index < -0.39 is 7.75 Å². The summed E-state index contributed by atoms with van der Waals surface area (Å²) in [5.41, 5.74) is 6.81. The average molecular weight is 409 g/mol. The third kappa shape index (κ3) is 4.83. The molecule has 5 heteroatoms. The summed E-state index contributed by atoms with van der Waals surface area (Å²) in [6.45, 7) is 11.9. The minimum atomic E-state index is -3.77. The van der Waals surface area contributed by atoms with Gasteiger partial charge in [0.15, 0.2) is 0 Å². The molecule has 0 amide bonds. The zero-order valence-corrected chi connectivity index (χ0v) is 18.8.